The molecule has 1 fully saturated rings. The molecular formula is C8H16N2. The molecule has 2 nitrogen and oxygen atoms in total. The lowest BCUT2D eigenvalue weighted by molar-refractivity contribution is 0.364. The largest absolute Gasteiger partial charge is 0.326 e. The summed E-state index contributed by atoms with van der Waals surface area (Å²) >= 11 is 0. The van der Waals surface area contributed by atoms with Crippen LogP contribution in [0.15, 0.2) is 12.2 Å². The van der Waals surface area contributed by atoms with Crippen molar-refractivity contribution in [3.05, 3.63) is 12.2 Å². The second-order valence-electron chi connectivity index (χ2n) is 3.24. The molecule has 0 aromatic rings. The lowest BCUT2D eigenvalue weighted by atomic mass is 10.3. The van der Waals surface area contributed by atoms with E-state index in [2.05, 4.69) is 18.4 Å². The summed E-state index contributed by atoms with van der Waals surface area (Å²) in [5, 5.41) is 0. The zero-order valence-electron chi connectivity index (χ0n) is 6.64. The van der Waals surface area contributed by atoms with Crippen molar-refractivity contribution in [3.63, 3.8) is 0 Å². The average molecular weight is 140 g/mol. The minimum absolute atomic E-state index is 0.402. The normalized spacial score (nSPS) is 27.2. The van der Waals surface area contributed by atoms with E-state index in [-0.39, 0.29) is 0 Å². The van der Waals surface area contributed by atoms with E-state index >= 15 is 0 Å². The van der Waals surface area contributed by atoms with Crippen molar-refractivity contribution in [3.8, 4) is 0 Å². The van der Waals surface area contributed by atoms with Gasteiger partial charge in [0.25, 0.3) is 0 Å². The third kappa shape index (κ3) is 2.12. The third-order valence-electron chi connectivity index (χ3n) is 1.80. The number of rotatable bonds is 2. The van der Waals surface area contributed by atoms with E-state index in [1.54, 1.807) is 0 Å². The van der Waals surface area contributed by atoms with Gasteiger partial charge in [0.05, 0.1) is 0 Å². The Hall–Kier alpha value is -0.340. The molecule has 0 unspecified atom stereocenters. The number of likely N-dealkylation sites (tertiary alicyclic amines) is 1. The highest BCUT2D eigenvalue weighted by Crippen LogP contribution is 2.07. The molecule has 2 N–H and O–H groups in total. The van der Waals surface area contributed by atoms with Crippen LogP contribution in [0, 0.1) is 0 Å². The van der Waals surface area contributed by atoms with E-state index in [9.17, 15) is 0 Å². The smallest absolute Gasteiger partial charge is 0.0188 e. The van der Waals surface area contributed by atoms with Crippen LogP contribution in [-0.4, -0.2) is 30.6 Å². The highest BCUT2D eigenvalue weighted by atomic mass is 15.2. The molecule has 0 amide bonds. The Balaban J connectivity index is 2.24. The van der Waals surface area contributed by atoms with Gasteiger partial charge in [-0.25, -0.2) is 0 Å². The molecule has 0 aromatic carbocycles. The molecule has 0 radical (unpaired) electrons. The second kappa shape index (κ2) is 3.17. The van der Waals surface area contributed by atoms with Gasteiger partial charge in [-0.1, -0.05) is 12.2 Å². The van der Waals surface area contributed by atoms with Gasteiger partial charge in [-0.15, -0.1) is 0 Å². The zero-order valence-corrected chi connectivity index (χ0v) is 6.64. The van der Waals surface area contributed by atoms with E-state index in [0.717, 1.165) is 26.1 Å². The van der Waals surface area contributed by atoms with E-state index in [0.29, 0.717) is 6.04 Å². The van der Waals surface area contributed by atoms with Crippen molar-refractivity contribution < 1.29 is 0 Å². The Kier molecular flexibility index (Phi) is 2.46. The summed E-state index contributed by atoms with van der Waals surface area (Å²) in [6.07, 6.45) is 1.15. The zero-order chi connectivity index (χ0) is 7.56. The Morgan fingerprint density at radius 2 is 2.50 bits per heavy atom. The first kappa shape index (κ1) is 7.76. The second-order valence-corrected chi connectivity index (χ2v) is 3.24. The van der Waals surface area contributed by atoms with Crippen LogP contribution < -0.4 is 5.73 Å². The Labute approximate surface area is 62.7 Å². The van der Waals surface area contributed by atoms with Gasteiger partial charge in [0.2, 0.25) is 0 Å². The summed E-state index contributed by atoms with van der Waals surface area (Å²) in [7, 11) is 0. The minimum atomic E-state index is 0.402. The summed E-state index contributed by atoms with van der Waals surface area (Å²) in [6.45, 7) is 9.14. The van der Waals surface area contributed by atoms with Gasteiger partial charge in [-0.2, -0.15) is 0 Å². The number of nitrogens with two attached hydrogens (primary N) is 1. The molecule has 1 atom stereocenters. The number of hydrogen-bond acceptors (Lipinski definition) is 2. The van der Waals surface area contributed by atoms with E-state index < -0.39 is 0 Å². The first-order valence-electron chi connectivity index (χ1n) is 3.81. The van der Waals surface area contributed by atoms with Gasteiger partial charge in [0, 0.05) is 25.7 Å². The maximum absolute atomic E-state index is 5.73. The van der Waals surface area contributed by atoms with Crippen LogP contribution in [0.25, 0.3) is 0 Å². The quantitative estimate of drug-likeness (QED) is 0.569. The molecule has 1 aliphatic rings. The van der Waals surface area contributed by atoms with Gasteiger partial charge in [0.1, 0.15) is 0 Å². The van der Waals surface area contributed by atoms with Gasteiger partial charge >= 0.3 is 0 Å². The molecule has 0 spiro atoms. The van der Waals surface area contributed by atoms with Gasteiger partial charge in [-0.3, -0.25) is 4.90 Å². The highest BCUT2D eigenvalue weighted by Gasteiger charge is 2.17. The molecule has 1 aliphatic heterocycles. The minimum Gasteiger partial charge on any atom is -0.326 e. The van der Waals surface area contributed by atoms with Gasteiger partial charge in [-0.05, 0) is 13.3 Å². The van der Waals surface area contributed by atoms with Crippen LogP contribution in [0.2, 0.25) is 0 Å². The molecule has 1 heterocycles. The Bertz CT molecular complexity index is 131. The topological polar surface area (TPSA) is 29.3 Å². The predicted molar refractivity (Wildman–Crippen MR) is 43.8 cm³/mol. The van der Waals surface area contributed by atoms with Crippen molar-refractivity contribution in [2.75, 3.05) is 19.6 Å². The number of hydrogen-bond donors (Lipinski definition) is 1. The Morgan fingerprint density at radius 1 is 1.80 bits per heavy atom. The van der Waals surface area contributed by atoms with Crippen LogP contribution in [0.5, 0.6) is 0 Å². The lowest BCUT2D eigenvalue weighted by Gasteiger charge is -2.13. The standard InChI is InChI=1S/C8H16N2/c1-7(2)5-10-4-3-8(9)6-10/h8H,1,3-6,9H2,2H3/t8-/m1/s1. The van der Waals surface area contributed by atoms with Crippen LogP contribution in [0.4, 0.5) is 0 Å². The lowest BCUT2D eigenvalue weighted by Crippen LogP contribution is -2.27. The van der Waals surface area contributed by atoms with Crippen molar-refractivity contribution >= 4 is 0 Å². The molecule has 10 heavy (non-hydrogen) atoms. The van der Waals surface area contributed by atoms with E-state index in [4.69, 9.17) is 5.73 Å². The fourth-order valence-electron chi connectivity index (χ4n) is 1.39. The first-order chi connectivity index (χ1) is 4.68. The average Bonchev–Trinajstić information content (AvgIpc) is 2.13. The summed E-state index contributed by atoms with van der Waals surface area (Å²) < 4.78 is 0. The molecule has 0 bridgehead atoms. The number of nitrogens with zero attached hydrogens (tertiary/aromatic N) is 1. The summed E-state index contributed by atoms with van der Waals surface area (Å²) in [6, 6.07) is 0.402. The van der Waals surface area contributed by atoms with E-state index in [1.165, 1.54) is 5.57 Å². The van der Waals surface area contributed by atoms with Crippen LogP contribution >= 0.6 is 0 Å². The Morgan fingerprint density at radius 3 is 2.90 bits per heavy atom. The third-order valence-corrected chi connectivity index (χ3v) is 1.80. The molecule has 1 rings (SSSR count). The molecule has 58 valence electrons. The SMILES string of the molecule is C=C(C)CN1CC[C@@H](N)C1. The highest BCUT2D eigenvalue weighted by molar-refractivity contribution is 4.94. The first-order valence-corrected chi connectivity index (χ1v) is 3.81. The van der Waals surface area contributed by atoms with Crippen LogP contribution in [0.1, 0.15) is 13.3 Å². The molecular weight excluding hydrogens is 124 g/mol. The van der Waals surface area contributed by atoms with Crippen LogP contribution in [-0.2, 0) is 0 Å². The molecule has 1 saturated heterocycles. The summed E-state index contributed by atoms with van der Waals surface area (Å²) in [4.78, 5) is 2.35. The van der Waals surface area contributed by atoms with Gasteiger partial charge < -0.3 is 5.73 Å². The molecule has 2 heteroatoms. The van der Waals surface area contributed by atoms with Crippen molar-refractivity contribution in [1.29, 1.82) is 0 Å². The van der Waals surface area contributed by atoms with Crippen molar-refractivity contribution in [1.82, 2.24) is 4.90 Å². The van der Waals surface area contributed by atoms with E-state index in [1.807, 2.05) is 0 Å². The fourth-order valence-corrected chi connectivity index (χ4v) is 1.39. The molecule has 0 aliphatic carbocycles. The van der Waals surface area contributed by atoms with Crippen molar-refractivity contribution in [2.45, 2.75) is 19.4 Å². The maximum Gasteiger partial charge on any atom is 0.0188 e. The van der Waals surface area contributed by atoms with Crippen molar-refractivity contribution in [2.24, 2.45) is 5.73 Å². The predicted octanol–water partition coefficient (Wildman–Crippen LogP) is 0.596. The maximum atomic E-state index is 5.73. The fraction of sp³-hybridized carbons (Fsp3) is 0.750. The monoisotopic (exact) mass is 140 g/mol. The molecule has 0 aromatic heterocycles. The summed E-state index contributed by atoms with van der Waals surface area (Å²) in [5.74, 6) is 0. The molecule has 0 saturated carbocycles. The van der Waals surface area contributed by atoms with Crippen LogP contribution in [0.3, 0.4) is 0 Å². The van der Waals surface area contributed by atoms with Gasteiger partial charge in [0.15, 0.2) is 0 Å². The summed E-state index contributed by atoms with van der Waals surface area (Å²) in [5.41, 5.74) is 6.96.